The van der Waals surface area contributed by atoms with Crippen LogP contribution < -0.4 is 0 Å². The maximum atomic E-state index is 12.0. The highest BCUT2D eigenvalue weighted by molar-refractivity contribution is 7.10. The van der Waals surface area contributed by atoms with Crippen molar-refractivity contribution >= 4 is 17.2 Å². The van der Waals surface area contributed by atoms with Gasteiger partial charge in [-0.15, -0.1) is 11.3 Å². The van der Waals surface area contributed by atoms with Crippen LogP contribution in [0, 0.1) is 0 Å². The van der Waals surface area contributed by atoms with Crippen LogP contribution in [0.5, 0.6) is 0 Å². The van der Waals surface area contributed by atoms with E-state index in [2.05, 4.69) is 15.4 Å². The summed E-state index contributed by atoms with van der Waals surface area (Å²) in [6.07, 6.45) is 1.43. The van der Waals surface area contributed by atoms with Gasteiger partial charge in [-0.05, 0) is 18.4 Å². The SMILES string of the molecule is CC(c1cccs1)N(C)C(=O)c1cn[nH]n1. The van der Waals surface area contributed by atoms with Crippen molar-refractivity contribution in [3.8, 4) is 0 Å². The van der Waals surface area contributed by atoms with Crippen LogP contribution in [-0.2, 0) is 0 Å². The van der Waals surface area contributed by atoms with E-state index in [1.807, 2.05) is 24.4 Å². The zero-order valence-corrected chi connectivity index (χ0v) is 9.86. The molecule has 1 amide bonds. The minimum Gasteiger partial charge on any atom is -0.333 e. The van der Waals surface area contributed by atoms with E-state index in [0.29, 0.717) is 5.69 Å². The highest BCUT2D eigenvalue weighted by Gasteiger charge is 2.21. The molecule has 84 valence electrons. The second kappa shape index (κ2) is 4.44. The lowest BCUT2D eigenvalue weighted by molar-refractivity contribution is 0.0739. The van der Waals surface area contributed by atoms with E-state index >= 15 is 0 Å². The zero-order valence-electron chi connectivity index (χ0n) is 9.04. The fourth-order valence-electron chi connectivity index (χ4n) is 1.38. The third-order valence-corrected chi connectivity index (χ3v) is 3.53. The number of rotatable bonds is 3. The average Bonchev–Trinajstić information content (AvgIpc) is 2.97. The first kappa shape index (κ1) is 10.8. The van der Waals surface area contributed by atoms with Crippen LogP contribution in [0.2, 0.25) is 0 Å². The molecule has 0 radical (unpaired) electrons. The molecule has 0 saturated heterocycles. The number of carbonyl (C=O) groups excluding carboxylic acids is 1. The molecule has 5 nitrogen and oxygen atoms in total. The second-order valence-corrected chi connectivity index (χ2v) is 4.44. The summed E-state index contributed by atoms with van der Waals surface area (Å²) in [7, 11) is 1.77. The van der Waals surface area contributed by atoms with Gasteiger partial charge in [0, 0.05) is 11.9 Å². The molecule has 2 rings (SSSR count). The maximum Gasteiger partial charge on any atom is 0.276 e. The molecular weight excluding hydrogens is 224 g/mol. The number of hydrogen-bond donors (Lipinski definition) is 1. The number of nitrogens with one attached hydrogen (secondary N) is 1. The van der Waals surface area contributed by atoms with E-state index in [9.17, 15) is 4.79 Å². The number of amides is 1. The normalized spacial score (nSPS) is 12.4. The summed E-state index contributed by atoms with van der Waals surface area (Å²) in [5.74, 6) is -0.130. The molecule has 0 aliphatic heterocycles. The smallest absolute Gasteiger partial charge is 0.276 e. The number of H-pyrrole nitrogens is 1. The summed E-state index contributed by atoms with van der Waals surface area (Å²) in [5, 5.41) is 11.8. The van der Waals surface area contributed by atoms with Gasteiger partial charge >= 0.3 is 0 Å². The third-order valence-electron chi connectivity index (χ3n) is 2.49. The number of aromatic nitrogens is 3. The van der Waals surface area contributed by atoms with Crippen LogP contribution in [0.25, 0.3) is 0 Å². The molecule has 1 unspecified atom stereocenters. The van der Waals surface area contributed by atoms with Gasteiger partial charge in [0.25, 0.3) is 5.91 Å². The number of carbonyl (C=O) groups is 1. The van der Waals surface area contributed by atoms with Gasteiger partial charge in [-0.3, -0.25) is 4.79 Å². The molecule has 0 aromatic carbocycles. The molecule has 2 heterocycles. The van der Waals surface area contributed by atoms with Gasteiger partial charge in [0.15, 0.2) is 5.69 Å². The molecule has 0 aliphatic carbocycles. The van der Waals surface area contributed by atoms with E-state index in [-0.39, 0.29) is 11.9 Å². The molecule has 6 heteroatoms. The zero-order chi connectivity index (χ0) is 11.5. The van der Waals surface area contributed by atoms with Crippen molar-refractivity contribution in [3.63, 3.8) is 0 Å². The van der Waals surface area contributed by atoms with Crippen LogP contribution in [0.1, 0.15) is 28.3 Å². The van der Waals surface area contributed by atoms with Crippen LogP contribution >= 0.6 is 11.3 Å². The topological polar surface area (TPSA) is 61.9 Å². The molecule has 0 spiro atoms. The molecule has 0 fully saturated rings. The Morgan fingerprint density at radius 2 is 2.44 bits per heavy atom. The molecule has 1 atom stereocenters. The van der Waals surface area contributed by atoms with Crippen LogP contribution in [-0.4, -0.2) is 33.3 Å². The lowest BCUT2D eigenvalue weighted by Gasteiger charge is -2.22. The lowest BCUT2D eigenvalue weighted by atomic mass is 10.2. The lowest BCUT2D eigenvalue weighted by Crippen LogP contribution is -2.29. The molecule has 0 saturated carbocycles. The molecule has 1 N–H and O–H groups in total. The number of hydrogen-bond acceptors (Lipinski definition) is 4. The molecule has 2 aromatic rings. The van der Waals surface area contributed by atoms with Crippen molar-refractivity contribution in [2.75, 3.05) is 7.05 Å². The summed E-state index contributed by atoms with van der Waals surface area (Å²) in [6.45, 7) is 1.99. The standard InChI is InChI=1S/C10H12N4OS/c1-7(9-4-3-5-16-9)14(2)10(15)8-6-11-13-12-8/h3-7H,1-2H3,(H,11,12,13). The molecule has 16 heavy (non-hydrogen) atoms. The summed E-state index contributed by atoms with van der Waals surface area (Å²) in [4.78, 5) is 14.8. The van der Waals surface area contributed by atoms with E-state index in [0.717, 1.165) is 4.88 Å². The fraction of sp³-hybridized carbons (Fsp3) is 0.300. The minimum atomic E-state index is -0.130. The fourth-order valence-corrected chi connectivity index (χ4v) is 2.21. The number of nitrogens with zero attached hydrogens (tertiary/aromatic N) is 3. The molecule has 2 aromatic heterocycles. The van der Waals surface area contributed by atoms with Crippen molar-refractivity contribution in [1.29, 1.82) is 0 Å². The van der Waals surface area contributed by atoms with Crippen molar-refractivity contribution < 1.29 is 4.79 Å². The van der Waals surface area contributed by atoms with Crippen LogP contribution in [0.3, 0.4) is 0 Å². The average molecular weight is 236 g/mol. The summed E-state index contributed by atoms with van der Waals surface area (Å²) in [5.41, 5.74) is 0.339. The first-order chi connectivity index (χ1) is 7.70. The summed E-state index contributed by atoms with van der Waals surface area (Å²) >= 11 is 1.64. The predicted molar refractivity (Wildman–Crippen MR) is 61.2 cm³/mol. The Hall–Kier alpha value is -1.69. The Morgan fingerprint density at radius 1 is 1.62 bits per heavy atom. The van der Waals surface area contributed by atoms with E-state index in [4.69, 9.17) is 0 Å². The third kappa shape index (κ3) is 1.96. The number of aromatic amines is 1. The van der Waals surface area contributed by atoms with Gasteiger partial charge in [-0.1, -0.05) is 6.07 Å². The second-order valence-electron chi connectivity index (χ2n) is 3.46. The monoisotopic (exact) mass is 236 g/mol. The molecule has 0 aliphatic rings. The van der Waals surface area contributed by atoms with Gasteiger partial charge in [0.2, 0.25) is 0 Å². The predicted octanol–water partition coefficient (Wildman–Crippen LogP) is 1.70. The Bertz CT molecular complexity index is 451. The van der Waals surface area contributed by atoms with Gasteiger partial charge in [-0.2, -0.15) is 15.4 Å². The Morgan fingerprint density at radius 3 is 3.00 bits per heavy atom. The van der Waals surface area contributed by atoms with Crippen molar-refractivity contribution in [2.24, 2.45) is 0 Å². The van der Waals surface area contributed by atoms with Crippen molar-refractivity contribution in [2.45, 2.75) is 13.0 Å². The molecule has 0 bridgehead atoms. The Balaban J connectivity index is 2.14. The summed E-state index contributed by atoms with van der Waals surface area (Å²) in [6, 6.07) is 4.04. The van der Waals surface area contributed by atoms with E-state index in [1.165, 1.54) is 6.20 Å². The van der Waals surface area contributed by atoms with Gasteiger partial charge in [0.05, 0.1) is 12.2 Å². The van der Waals surface area contributed by atoms with Gasteiger partial charge in [-0.25, -0.2) is 0 Å². The molecular formula is C10H12N4OS. The first-order valence-electron chi connectivity index (χ1n) is 4.86. The van der Waals surface area contributed by atoms with Gasteiger partial charge in [0.1, 0.15) is 0 Å². The number of thiophene rings is 1. The highest BCUT2D eigenvalue weighted by Crippen LogP contribution is 2.24. The highest BCUT2D eigenvalue weighted by atomic mass is 32.1. The van der Waals surface area contributed by atoms with Crippen molar-refractivity contribution in [3.05, 3.63) is 34.3 Å². The maximum absolute atomic E-state index is 12.0. The van der Waals surface area contributed by atoms with Crippen LogP contribution in [0.4, 0.5) is 0 Å². The quantitative estimate of drug-likeness (QED) is 0.882. The van der Waals surface area contributed by atoms with Crippen molar-refractivity contribution in [1.82, 2.24) is 20.3 Å². The summed E-state index contributed by atoms with van der Waals surface area (Å²) < 4.78 is 0. The van der Waals surface area contributed by atoms with Crippen LogP contribution in [0.15, 0.2) is 23.7 Å². The first-order valence-corrected chi connectivity index (χ1v) is 5.74. The van der Waals surface area contributed by atoms with E-state index in [1.54, 1.807) is 23.3 Å². The minimum absolute atomic E-state index is 0.0456. The Kier molecular flexibility index (Phi) is 3.00. The largest absolute Gasteiger partial charge is 0.333 e. The Labute approximate surface area is 97.1 Å². The van der Waals surface area contributed by atoms with E-state index < -0.39 is 0 Å². The van der Waals surface area contributed by atoms with Gasteiger partial charge < -0.3 is 4.90 Å².